The molecule has 0 aliphatic rings. The van der Waals surface area contributed by atoms with Gasteiger partial charge in [-0.15, -0.1) is 0 Å². The van der Waals surface area contributed by atoms with Crippen molar-refractivity contribution in [1.29, 1.82) is 0 Å². The maximum atomic E-state index is 9.10. The Kier molecular flexibility index (Phi) is 7.44. The van der Waals surface area contributed by atoms with E-state index < -0.39 is 11.9 Å². The number of nitrogens with zero attached hydrogens (tertiary/aromatic N) is 2. The number of rotatable bonds is 4. The first-order chi connectivity index (χ1) is 11.6. The first kappa shape index (κ1) is 20.5. The third kappa shape index (κ3) is 7.26. The molecule has 0 unspecified atom stereocenters. The zero-order chi connectivity index (χ0) is 19.0. The van der Waals surface area contributed by atoms with E-state index in [0.29, 0.717) is 6.61 Å². The van der Waals surface area contributed by atoms with E-state index in [1.165, 1.54) is 0 Å². The van der Waals surface area contributed by atoms with Gasteiger partial charge >= 0.3 is 11.9 Å². The van der Waals surface area contributed by atoms with Gasteiger partial charge in [0.25, 0.3) is 0 Å². The van der Waals surface area contributed by atoms with Crippen LogP contribution >= 0.6 is 11.6 Å². The highest BCUT2D eigenvalue weighted by molar-refractivity contribution is 6.30. The number of hydrogen-bond acceptors (Lipinski definition) is 4. The molecule has 136 valence electrons. The summed E-state index contributed by atoms with van der Waals surface area (Å²) in [5.74, 6) is -2.75. The van der Waals surface area contributed by atoms with E-state index in [0.717, 1.165) is 22.9 Å². The monoisotopic (exact) mass is 368 g/mol. The fourth-order valence-electron chi connectivity index (χ4n) is 1.89. The smallest absolute Gasteiger partial charge is 0.414 e. The Morgan fingerprint density at radius 3 is 2.36 bits per heavy atom. The molecule has 0 amide bonds. The number of carbonyl (C=O) groups is 2. The molecular weight excluding hydrogens is 348 g/mol. The van der Waals surface area contributed by atoms with Gasteiger partial charge in [0.15, 0.2) is 0 Å². The van der Waals surface area contributed by atoms with Crippen LogP contribution in [0, 0.1) is 0 Å². The van der Waals surface area contributed by atoms with E-state index in [9.17, 15) is 0 Å². The predicted octanol–water partition coefficient (Wildman–Crippen LogP) is 3.07. The van der Waals surface area contributed by atoms with Crippen molar-refractivity contribution < 1.29 is 24.5 Å². The van der Waals surface area contributed by atoms with Crippen LogP contribution in [-0.2, 0) is 21.5 Å². The summed E-state index contributed by atoms with van der Waals surface area (Å²) in [6.45, 7) is 7.86. The lowest BCUT2D eigenvalue weighted by atomic mass is 9.86. The second-order valence-corrected chi connectivity index (χ2v) is 6.59. The average molecular weight is 369 g/mol. The van der Waals surface area contributed by atoms with Crippen LogP contribution in [0.15, 0.2) is 36.9 Å². The molecule has 2 aromatic rings. The third-order valence-corrected chi connectivity index (χ3v) is 3.33. The normalized spacial score (nSPS) is 10.6. The minimum absolute atomic E-state index is 0.00917. The van der Waals surface area contributed by atoms with Crippen LogP contribution in [0.2, 0.25) is 5.02 Å². The second-order valence-electron chi connectivity index (χ2n) is 6.15. The Morgan fingerprint density at radius 2 is 1.88 bits per heavy atom. The molecule has 0 aliphatic heterocycles. The molecule has 2 rings (SSSR count). The molecule has 0 bridgehead atoms. The van der Waals surface area contributed by atoms with E-state index >= 15 is 0 Å². The summed E-state index contributed by atoms with van der Waals surface area (Å²) in [5, 5.41) is 15.5. The number of carboxylic acids is 2. The maximum Gasteiger partial charge on any atom is 0.414 e. The summed E-state index contributed by atoms with van der Waals surface area (Å²) in [6, 6.07) is 5.79. The summed E-state index contributed by atoms with van der Waals surface area (Å²) >= 11 is 6.07. The molecule has 25 heavy (non-hydrogen) atoms. The van der Waals surface area contributed by atoms with Crippen molar-refractivity contribution in [3.63, 3.8) is 0 Å². The largest absolute Gasteiger partial charge is 0.491 e. The van der Waals surface area contributed by atoms with Gasteiger partial charge in [-0.3, -0.25) is 0 Å². The highest BCUT2D eigenvalue weighted by Crippen LogP contribution is 2.33. The lowest BCUT2D eigenvalue weighted by Gasteiger charge is -2.23. The molecule has 1 aromatic heterocycles. The number of ether oxygens (including phenoxy) is 1. The first-order valence-corrected chi connectivity index (χ1v) is 7.84. The van der Waals surface area contributed by atoms with E-state index in [4.69, 9.17) is 36.1 Å². The molecule has 7 nitrogen and oxygen atoms in total. The van der Waals surface area contributed by atoms with Gasteiger partial charge in [0, 0.05) is 23.0 Å². The molecular formula is C17H21ClN2O5. The van der Waals surface area contributed by atoms with Crippen molar-refractivity contribution in [1.82, 2.24) is 9.55 Å². The van der Waals surface area contributed by atoms with Crippen LogP contribution in [0.5, 0.6) is 5.75 Å². The van der Waals surface area contributed by atoms with Crippen LogP contribution in [-0.4, -0.2) is 38.3 Å². The van der Waals surface area contributed by atoms with Crippen molar-refractivity contribution in [2.24, 2.45) is 0 Å². The van der Waals surface area contributed by atoms with Gasteiger partial charge in [-0.05, 0) is 23.6 Å². The molecule has 1 aromatic carbocycles. The zero-order valence-corrected chi connectivity index (χ0v) is 15.0. The van der Waals surface area contributed by atoms with Gasteiger partial charge in [-0.25, -0.2) is 14.6 Å². The molecule has 1 heterocycles. The van der Waals surface area contributed by atoms with Crippen molar-refractivity contribution in [3.8, 4) is 5.75 Å². The van der Waals surface area contributed by atoms with Crippen LogP contribution in [0.1, 0.15) is 26.3 Å². The zero-order valence-electron chi connectivity index (χ0n) is 14.3. The second kappa shape index (κ2) is 9.08. The summed E-state index contributed by atoms with van der Waals surface area (Å²) in [7, 11) is 0. The Balaban J connectivity index is 0.000000450. The van der Waals surface area contributed by atoms with Gasteiger partial charge in [0.05, 0.1) is 12.9 Å². The molecule has 0 saturated carbocycles. The standard InChI is InChI=1S/C15H19ClN2O.C2H2O4/c1-15(2,3)13-10-12(16)4-5-14(13)19-9-8-18-7-6-17-11-18;3-1(4)2(5)6/h4-7,10-11H,8-9H2,1-3H3;(H,3,4)(H,5,6). The van der Waals surface area contributed by atoms with Crippen LogP contribution in [0.3, 0.4) is 0 Å². The van der Waals surface area contributed by atoms with Crippen molar-refractivity contribution in [2.75, 3.05) is 6.61 Å². The topological polar surface area (TPSA) is 102 Å². The minimum atomic E-state index is -1.82. The maximum absolute atomic E-state index is 9.10. The van der Waals surface area contributed by atoms with Gasteiger partial charge in [0.1, 0.15) is 12.4 Å². The molecule has 0 aliphatic carbocycles. The molecule has 0 fully saturated rings. The molecule has 0 saturated heterocycles. The summed E-state index contributed by atoms with van der Waals surface area (Å²) < 4.78 is 7.88. The van der Waals surface area contributed by atoms with E-state index in [-0.39, 0.29) is 5.41 Å². The number of imidazole rings is 1. The fraction of sp³-hybridized carbons (Fsp3) is 0.353. The van der Waals surface area contributed by atoms with Gasteiger partial charge in [0.2, 0.25) is 0 Å². The number of aromatic nitrogens is 2. The van der Waals surface area contributed by atoms with Crippen LogP contribution < -0.4 is 4.74 Å². The molecule has 0 spiro atoms. The van der Waals surface area contributed by atoms with Crippen molar-refractivity contribution >= 4 is 23.5 Å². The highest BCUT2D eigenvalue weighted by Gasteiger charge is 2.19. The lowest BCUT2D eigenvalue weighted by Crippen LogP contribution is -2.15. The summed E-state index contributed by atoms with van der Waals surface area (Å²) in [5.41, 5.74) is 1.14. The van der Waals surface area contributed by atoms with E-state index in [2.05, 4.69) is 25.8 Å². The Hall–Kier alpha value is -2.54. The molecule has 0 radical (unpaired) electrons. The van der Waals surface area contributed by atoms with E-state index in [1.54, 1.807) is 12.5 Å². The quantitative estimate of drug-likeness (QED) is 0.804. The third-order valence-electron chi connectivity index (χ3n) is 3.10. The molecule has 2 N–H and O–H groups in total. The van der Waals surface area contributed by atoms with Crippen LogP contribution in [0.4, 0.5) is 0 Å². The molecule has 8 heteroatoms. The molecule has 0 atom stereocenters. The van der Waals surface area contributed by atoms with Crippen LogP contribution in [0.25, 0.3) is 0 Å². The minimum Gasteiger partial charge on any atom is -0.491 e. The SMILES string of the molecule is CC(C)(C)c1cc(Cl)ccc1OCCn1ccnc1.O=C(O)C(=O)O. The highest BCUT2D eigenvalue weighted by atomic mass is 35.5. The van der Waals surface area contributed by atoms with Crippen molar-refractivity contribution in [3.05, 3.63) is 47.5 Å². The van der Waals surface area contributed by atoms with Crippen molar-refractivity contribution in [2.45, 2.75) is 32.7 Å². The lowest BCUT2D eigenvalue weighted by molar-refractivity contribution is -0.159. The summed E-state index contributed by atoms with van der Waals surface area (Å²) in [6.07, 6.45) is 5.48. The number of carboxylic acid groups (broad SMARTS) is 2. The average Bonchev–Trinajstić information content (AvgIpc) is 3.01. The number of benzene rings is 1. The summed E-state index contributed by atoms with van der Waals surface area (Å²) in [4.78, 5) is 22.2. The number of hydrogen-bond donors (Lipinski definition) is 2. The Morgan fingerprint density at radius 1 is 1.24 bits per heavy atom. The fourth-order valence-corrected chi connectivity index (χ4v) is 2.07. The van der Waals surface area contributed by atoms with Gasteiger partial charge in [-0.2, -0.15) is 0 Å². The Bertz CT molecular complexity index is 696. The van der Waals surface area contributed by atoms with E-state index in [1.807, 2.05) is 29.0 Å². The van der Waals surface area contributed by atoms with Gasteiger partial charge in [-0.1, -0.05) is 32.4 Å². The van der Waals surface area contributed by atoms with Gasteiger partial charge < -0.3 is 19.5 Å². The predicted molar refractivity (Wildman–Crippen MR) is 93.1 cm³/mol. The first-order valence-electron chi connectivity index (χ1n) is 7.46. The number of aliphatic carboxylic acids is 2. The Labute approximate surface area is 150 Å². The number of halogens is 1.